The summed E-state index contributed by atoms with van der Waals surface area (Å²) in [5.41, 5.74) is 2.06. The maximum absolute atomic E-state index is 12.3. The fraction of sp³-hybridized carbons (Fsp3) is 0.118. The van der Waals surface area contributed by atoms with Crippen LogP contribution in [0.4, 0.5) is 0 Å². The second kappa shape index (κ2) is 6.62. The lowest BCUT2D eigenvalue weighted by molar-refractivity contribution is 0.0934. The number of carbonyl (C=O) groups excluding carboxylic acids is 1. The zero-order chi connectivity index (χ0) is 16.2. The number of hydrogen-bond donors (Lipinski definition) is 1. The van der Waals surface area contributed by atoms with Crippen LogP contribution in [0.25, 0.3) is 5.69 Å². The van der Waals surface area contributed by atoms with Crippen LogP contribution in [0.5, 0.6) is 0 Å². The Bertz CT molecular complexity index is 816. The Morgan fingerprint density at radius 1 is 1.17 bits per heavy atom. The third-order valence-electron chi connectivity index (χ3n) is 3.47. The number of aromatic nitrogens is 3. The van der Waals surface area contributed by atoms with Crippen LogP contribution in [0.3, 0.4) is 0 Å². The Kier molecular flexibility index (Phi) is 4.39. The van der Waals surface area contributed by atoms with Gasteiger partial charge in [-0.3, -0.25) is 9.78 Å². The smallest absolute Gasteiger partial charge is 0.272 e. The zero-order valence-corrected chi connectivity index (χ0v) is 13.2. The van der Waals surface area contributed by atoms with Gasteiger partial charge < -0.3 is 5.32 Å². The quantitative estimate of drug-likeness (QED) is 0.799. The highest BCUT2D eigenvalue weighted by Gasteiger charge is 2.14. The van der Waals surface area contributed by atoms with Crippen molar-refractivity contribution in [2.24, 2.45) is 0 Å². The monoisotopic (exact) mass is 326 g/mol. The summed E-state index contributed by atoms with van der Waals surface area (Å²) in [7, 11) is 0. The first-order chi connectivity index (χ1) is 11.1. The van der Waals surface area contributed by atoms with Crippen molar-refractivity contribution < 1.29 is 4.79 Å². The Labute approximate surface area is 138 Å². The number of rotatable bonds is 4. The van der Waals surface area contributed by atoms with Crippen LogP contribution in [-0.4, -0.2) is 20.7 Å². The highest BCUT2D eigenvalue weighted by atomic mass is 35.5. The summed E-state index contributed by atoms with van der Waals surface area (Å²) in [6.07, 6.45) is 5.11. The molecular weight excluding hydrogens is 312 g/mol. The van der Waals surface area contributed by atoms with E-state index in [1.54, 1.807) is 35.4 Å². The van der Waals surface area contributed by atoms with Crippen molar-refractivity contribution in [3.8, 4) is 5.69 Å². The molecule has 1 N–H and O–H groups in total. The average Bonchev–Trinajstić information content (AvgIpc) is 3.06. The SMILES string of the molecule is C[C@H](NC(=O)c1ccn(-c2ccccc2Cl)n1)c1ccncc1. The molecule has 3 rings (SSSR count). The van der Waals surface area contributed by atoms with Crippen molar-refractivity contribution >= 4 is 17.5 Å². The van der Waals surface area contributed by atoms with E-state index in [0.29, 0.717) is 10.7 Å². The number of pyridine rings is 1. The molecule has 0 aliphatic heterocycles. The van der Waals surface area contributed by atoms with E-state index < -0.39 is 0 Å². The van der Waals surface area contributed by atoms with Crippen LogP contribution >= 0.6 is 11.6 Å². The highest BCUT2D eigenvalue weighted by molar-refractivity contribution is 6.32. The lowest BCUT2D eigenvalue weighted by Gasteiger charge is -2.12. The molecule has 0 unspecified atom stereocenters. The second-order valence-corrected chi connectivity index (χ2v) is 5.48. The van der Waals surface area contributed by atoms with Crippen LogP contribution in [0.2, 0.25) is 5.02 Å². The summed E-state index contributed by atoms with van der Waals surface area (Å²) >= 11 is 6.14. The summed E-state index contributed by atoms with van der Waals surface area (Å²) in [5.74, 6) is -0.236. The largest absolute Gasteiger partial charge is 0.344 e. The summed E-state index contributed by atoms with van der Waals surface area (Å²) < 4.78 is 1.59. The minimum Gasteiger partial charge on any atom is -0.344 e. The minimum atomic E-state index is -0.236. The normalized spacial score (nSPS) is 11.9. The van der Waals surface area contributed by atoms with Crippen LogP contribution < -0.4 is 5.32 Å². The topological polar surface area (TPSA) is 59.8 Å². The van der Waals surface area contributed by atoms with E-state index in [2.05, 4.69) is 15.4 Å². The summed E-state index contributed by atoms with van der Waals surface area (Å²) in [5, 5.41) is 7.79. The maximum atomic E-state index is 12.3. The molecule has 5 nitrogen and oxygen atoms in total. The lowest BCUT2D eigenvalue weighted by Crippen LogP contribution is -2.27. The fourth-order valence-corrected chi connectivity index (χ4v) is 2.45. The Morgan fingerprint density at radius 3 is 2.65 bits per heavy atom. The van der Waals surface area contributed by atoms with E-state index in [1.807, 2.05) is 37.3 Å². The van der Waals surface area contributed by atoms with Gasteiger partial charge in [0, 0.05) is 18.6 Å². The van der Waals surface area contributed by atoms with Crippen molar-refractivity contribution in [2.45, 2.75) is 13.0 Å². The van der Waals surface area contributed by atoms with Gasteiger partial charge in [-0.1, -0.05) is 23.7 Å². The number of nitrogens with one attached hydrogen (secondary N) is 1. The van der Waals surface area contributed by atoms with Gasteiger partial charge >= 0.3 is 0 Å². The molecule has 0 spiro atoms. The first kappa shape index (κ1) is 15.2. The number of amides is 1. The van der Waals surface area contributed by atoms with E-state index in [0.717, 1.165) is 11.3 Å². The predicted octanol–water partition coefficient (Wildman–Crippen LogP) is 3.41. The summed E-state index contributed by atoms with van der Waals surface area (Å²) in [6, 6.07) is 12.6. The first-order valence-corrected chi connectivity index (χ1v) is 7.54. The van der Waals surface area contributed by atoms with Crippen molar-refractivity contribution in [3.63, 3.8) is 0 Å². The van der Waals surface area contributed by atoms with Gasteiger partial charge in [0.2, 0.25) is 0 Å². The molecule has 2 aromatic heterocycles. The van der Waals surface area contributed by atoms with Gasteiger partial charge in [0.25, 0.3) is 5.91 Å². The third-order valence-corrected chi connectivity index (χ3v) is 3.79. The van der Waals surface area contributed by atoms with Gasteiger partial charge in [0.05, 0.1) is 16.8 Å². The van der Waals surface area contributed by atoms with Crippen LogP contribution in [0.15, 0.2) is 61.1 Å². The number of para-hydroxylation sites is 1. The van der Waals surface area contributed by atoms with Crippen LogP contribution in [-0.2, 0) is 0 Å². The molecule has 1 atom stereocenters. The molecular formula is C17H15ClN4O. The molecule has 0 bridgehead atoms. The van der Waals surface area contributed by atoms with Gasteiger partial charge in [-0.05, 0) is 42.8 Å². The van der Waals surface area contributed by atoms with Crippen LogP contribution in [0.1, 0.15) is 29.0 Å². The summed E-state index contributed by atoms with van der Waals surface area (Å²) in [6.45, 7) is 1.91. The van der Waals surface area contributed by atoms with E-state index in [9.17, 15) is 4.79 Å². The number of hydrogen-bond acceptors (Lipinski definition) is 3. The Hall–Kier alpha value is -2.66. The molecule has 1 aromatic carbocycles. The van der Waals surface area contributed by atoms with Gasteiger partial charge in [-0.2, -0.15) is 5.10 Å². The molecule has 23 heavy (non-hydrogen) atoms. The molecule has 0 saturated carbocycles. The molecule has 0 radical (unpaired) electrons. The molecule has 0 aliphatic carbocycles. The first-order valence-electron chi connectivity index (χ1n) is 7.16. The number of nitrogens with zero attached hydrogens (tertiary/aromatic N) is 3. The number of halogens is 1. The van der Waals surface area contributed by atoms with Crippen molar-refractivity contribution in [1.82, 2.24) is 20.1 Å². The number of carbonyl (C=O) groups is 1. The van der Waals surface area contributed by atoms with E-state index in [-0.39, 0.29) is 11.9 Å². The van der Waals surface area contributed by atoms with E-state index >= 15 is 0 Å². The number of benzene rings is 1. The second-order valence-electron chi connectivity index (χ2n) is 5.07. The summed E-state index contributed by atoms with van der Waals surface area (Å²) in [4.78, 5) is 16.3. The minimum absolute atomic E-state index is 0.129. The van der Waals surface area contributed by atoms with Crippen molar-refractivity contribution in [3.05, 3.63) is 77.3 Å². The average molecular weight is 327 g/mol. The van der Waals surface area contributed by atoms with Gasteiger partial charge in [0.15, 0.2) is 5.69 Å². The molecule has 3 aromatic rings. The van der Waals surface area contributed by atoms with Gasteiger partial charge in [0.1, 0.15) is 0 Å². The highest BCUT2D eigenvalue weighted by Crippen LogP contribution is 2.19. The predicted molar refractivity (Wildman–Crippen MR) is 88.7 cm³/mol. The fourth-order valence-electron chi connectivity index (χ4n) is 2.22. The third kappa shape index (κ3) is 3.40. The van der Waals surface area contributed by atoms with Gasteiger partial charge in [-0.15, -0.1) is 0 Å². The van der Waals surface area contributed by atoms with Crippen molar-refractivity contribution in [2.75, 3.05) is 0 Å². The molecule has 2 heterocycles. The molecule has 0 aliphatic rings. The van der Waals surface area contributed by atoms with Gasteiger partial charge in [-0.25, -0.2) is 4.68 Å². The molecule has 6 heteroatoms. The van der Waals surface area contributed by atoms with Crippen LogP contribution in [0, 0.1) is 0 Å². The van der Waals surface area contributed by atoms with E-state index in [4.69, 9.17) is 11.6 Å². The molecule has 1 amide bonds. The standard InChI is InChI=1S/C17H15ClN4O/c1-12(13-6-9-19-10-7-13)20-17(23)15-8-11-22(21-15)16-5-3-2-4-14(16)18/h2-12H,1H3,(H,20,23)/t12-/m0/s1. The van der Waals surface area contributed by atoms with Crippen molar-refractivity contribution in [1.29, 1.82) is 0 Å². The zero-order valence-electron chi connectivity index (χ0n) is 12.5. The Balaban J connectivity index is 1.75. The molecule has 0 fully saturated rings. The van der Waals surface area contributed by atoms with E-state index in [1.165, 1.54) is 0 Å². The maximum Gasteiger partial charge on any atom is 0.272 e. The molecule has 116 valence electrons. The Morgan fingerprint density at radius 2 is 1.91 bits per heavy atom. The molecule has 0 saturated heterocycles. The lowest BCUT2D eigenvalue weighted by atomic mass is 10.1.